The van der Waals surface area contributed by atoms with Gasteiger partial charge in [0.25, 0.3) is 5.56 Å². The highest BCUT2D eigenvalue weighted by molar-refractivity contribution is 5.90. The molecule has 0 atom stereocenters. The van der Waals surface area contributed by atoms with Crippen LogP contribution in [0.4, 0.5) is 14.5 Å². The van der Waals surface area contributed by atoms with Gasteiger partial charge in [-0.1, -0.05) is 19.1 Å². The number of aryl methyl sites for hydroxylation is 1. The van der Waals surface area contributed by atoms with Gasteiger partial charge in [0, 0.05) is 18.2 Å². The van der Waals surface area contributed by atoms with Crippen LogP contribution in [0.2, 0.25) is 0 Å². The number of para-hydroxylation sites is 1. The van der Waals surface area contributed by atoms with Crippen molar-refractivity contribution in [2.75, 3.05) is 5.32 Å². The molecule has 1 N–H and O–H groups in total. The van der Waals surface area contributed by atoms with Crippen molar-refractivity contribution >= 4 is 22.5 Å². The van der Waals surface area contributed by atoms with Crippen LogP contribution in [-0.2, 0) is 17.8 Å². The number of nitrogens with one attached hydrogen (secondary N) is 1. The fourth-order valence-corrected chi connectivity index (χ4v) is 2.56. The molecule has 2 aromatic carbocycles. The second-order valence-corrected chi connectivity index (χ2v) is 5.47. The van der Waals surface area contributed by atoms with E-state index in [1.165, 1.54) is 10.6 Å². The third-order valence-corrected chi connectivity index (χ3v) is 3.76. The van der Waals surface area contributed by atoms with Crippen LogP contribution in [0.5, 0.6) is 0 Å². The lowest BCUT2D eigenvalue weighted by molar-refractivity contribution is -0.116. The summed E-state index contributed by atoms with van der Waals surface area (Å²) in [6.45, 7) is 1.57. The number of carbonyl (C=O) groups excluding carboxylic acids is 1. The van der Waals surface area contributed by atoms with Gasteiger partial charge in [0.05, 0.1) is 10.9 Å². The fourth-order valence-electron chi connectivity index (χ4n) is 2.56. The van der Waals surface area contributed by atoms with E-state index in [0.717, 1.165) is 12.1 Å². The summed E-state index contributed by atoms with van der Waals surface area (Å²) >= 11 is 0. The van der Waals surface area contributed by atoms with Gasteiger partial charge in [0.1, 0.15) is 12.4 Å². The minimum absolute atomic E-state index is 0.115. The monoisotopic (exact) mass is 343 g/mol. The molecule has 128 valence electrons. The van der Waals surface area contributed by atoms with Gasteiger partial charge in [-0.25, -0.2) is 13.8 Å². The van der Waals surface area contributed by atoms with Crippen molar-refractivity contribution in [3.05, 3.63) is 70.3 Å². The van der Waals surface area contributed by atoms with Crippen molar-refractivity contribution in [3.8, 4) is 0 Å². The molecule has 5 nitrogen and oxygen atoms in total. The van der Waals surface area contributed by atoms with E-state index in [1.54, 1.807) is 24.3 Å². The molecule has 0 bridgehead atoms. The first kappa shape index (κ1) is 16.8. The van der Waals surface area contributed by atoms with E-state index < -0.39 is 17.5 Å². The Balaban J connectivity index is 1.91. The van der Waals surface area contributed by atoms with Gasteiger partial charge >= 0.3 is 0 Å². The maximum absolute atomic E-state index is 13.2. The number of rotatable bonds is 4. The second kappa shape index (κ2) is 6.80. The number of anilines is 1. The molecule has 25 heavy (non-hydrogen) atoms. The number of carbonyl (C=O) groups is 1. The molecule has 0 aliphatic rings. The van der Waals surface area contributed by atoms with E-state index in [1.807, 2.05) is 6.92 Å². The average molecular weight is 343 g/mol. The molecule has 0 fully saturated rings. The zero-order valence-electron chi connectivity index (χ0n) is 13.4. The molecule has 0 spiro atoms. The number of hydrogen-bond donors (Lipinski definition) is 1. The van der Waals surface area contributed by atoms with E-state index in [9.17, 15) is 18.4 Å². The number of nitrogens with zero attached hydrogens (tertiary/aromatic N) is 2. The third kappa shape index (κ3) is 3.40. The lowest BCUT2D eigenvalue weighted by Crippen LogP contribution is -2.31. The molecule has 0 unspecified atom stereocenters. The highest BCUT2D eigenvalue weighted by Crippen LogP contribution is 2.13. The van der Waals surface area contributed by atoms with Crippen molar-refractivity contribution in [2.24, 2.45) is 0 Å². The van der Waals surface area contributed by atoms with Crippen molar-refractivity contribution in [3.63, 3.8) is 0 Å². The smallest absolute Gasteiger partial charge is 0.261 e. The minimum Gasteiger partial charge on any atom is -0.324 e. The Bertz CT molecular complexity index is 1010. The molecule has 1 amide bonds. The van der Waals surface area contributed by atoms with Crippen LogP contribution in [-0.4, -0.2) is 15.5 Å². The molecule has 0 aliphatic carbocycles. The molecule has 0 saturated carbocycles. The topological polar surface area (TPSA) is 64.0 Å². The lowest BCUT2D eigenvalue weighted by Gasteiger charge is -2.12. The van der Waals surface area contributed by atoms with E-state index in [-0.39, 0.29) is 17.8 Å². The van der Waals surface area contributed by atoms with E-state index in [2.05, 4.69) is 10.3 Å². The average Bonchev–Trinajstić information content (AvgIpc) is 2.60. The molecular weight excluding hydrogens is 328 g/mol. The minimum atomic E-state index is -1.06. The van der Waals surface area contributed by atoms with Gasteiger partial charge in [-0.2, -0.15) is 0 Å². The first-order valence-electron chi connectivity index (χ1n) is 7.73. The maximum atomic E-state index is 13.2. The summed E-state index contributed by atoms with van der Waals surface area (Å²) in [5, 5.41) is 2.87. The summed E-state index contributed by atoms with van der Waals surface area (Å²) in [6.07, 6.45) is 0.471. The van der Waals surface area contributed by atoms with E-state index >= 15 is 0 Å². The van der Waals surface area contributed by atoms with Crippen LogP contribution in [0.15, 0.2) is 47.3 Å². The Hall–Kier alpha value is -3.09. The highest BCUT2D eigenvalue weighted by Gasteiger charge is 2.13. The number of halogens is 2. The number of hydrogen-bond acceptors (Lipinski definition) is 3. The summed E-state index contributed by atoms with van der Waals surface area (Å²) in [5.74, 6) is -2.11. The quantitative estimate of drug-likeness (QED) is 0.792. The van der Waals surface area contributed by atoms with Crippen LogP contribution >= 0.6 is 0 Å². The summed E-state index contributed by atoms with van der Waals surface area (Å²) in [6, 6.07) is 9.95. The zero-order chi connectivity index (χ0) is 18.0. The Morgan fingerprint density at radius 1 is 1.16 bits per heavy atom. The largest absolute Gasteiger partial charge is 0.324 e. The number of fused-ring (bicyclic) bond motifs is 1. The number of aromatic nitrogens is 2. The number of benzene rings is 2. The number of amides is 1. The van der Waals surface area contributed by atoms with Crippen molar-refractivity contribution in [1.82, 2.24) is 9.55 Å². The van der Waals surface area contributed by atoms with Gasteiger partial charge in [-0.15, -0.1) is 0 Å². The van der Waals surface area contributed by atoms with Crippen LogP contribution in [0, 0.1) is 11.6 Å². The SMILES string of the molecule is CCc1nc2ccccc2c(=O)n1CC(=O)Nc1ccc(F)c(F)c1. The molecular formula is C18H15F2N3O2. The van der Waals surface area contributed by atoms with E-state index in [4.69, 9.17) is 0 Å². The zero-order valence-corrected chi connectivity index (χ0v) is 13.4. The van der Waals surface area contributed by atoms with Crippen LogP contribution < -0.4 is 10.9 Å². The first-order chi connectivity index (χ1) is 12.0. The van der Waals surface area contributed by atoms with Crippen molar-refractivity contribution in [2.45, 2.75) is 19.9 Å². The second-order valence-electron chi connectivity index (χ2n) is 5.47. The Morgan fingerprint density at radius 2 is 1.92 bits per heavy atom. The maximum Gasteiger partial charge on any atom is 0.261 e. The molecule has 7 heteroatoms. The molecule has 1 heterocycles. The van der Waals surface area contributed by atoms with Crippen LogP contribution in [0.3, 0.4) is 0 Å². The van der Waals surface area contributed by atoms with Crippen LogP contribution in [0.1, 0.15) is 12.7 Å². The third-order valence-electron chi connectivity index (χ3n) is 3.76. The Kier molecular flexibility index (Phi) is 4.56. The molecule has 1 aromatic heterocycles. The summed E-state index contributed by atoms with van der Waals surface area (Å²) in [7, 11) is 0. The molecule has 0 radical (unpaired) electrons. The predicted molar refractivity (Wildman–Crippen MR) is 90.4 cm³/mol. The summed E-state index contributed by atoms with van der Waals surface area (Å²) in [5.41, 5.74) is 0.369. The van der Waals surface area contributed by atoms with E-state index in [0.29, 0.717) is 23.1 Å². The Labute approximate surface area is 141 Å². The standard InChI is InChI=1S/C18H15F2N3O2/c1-2-16-22-15-6-4-3-5-12(15)18(25)23(16)10-17(24)21-11-7-8-13(19)14(20)9-11/h3-9H,2,10H2,1H3,(H,21,24). The van der Waals surface area contributed by atoms with Gasteiger partial charge in [-0.05, 0) is 24.3 Å². The lowest BCUT2D eigenvalue weighted by atomic mass is 10.2. The molecule has 0 aliphatic heterocycles. The van der Waals surface area contributed by atoms with Gasteiger partial charge < -0.3 is 5.32 Å². The molecule has 3 aromatic rings. The Morgan fingerprint density at radius 3 is 2.64 bits per heavy atom. The van der Waals surface area contributed by atoms with Crippen LogP contribution in [0.25, 0.3) is 10.9 Å². The predicted octanol–water partition coefficient (Wildman–Crippen LogP) is 2.88. The molecule has 3 rings (SSSR count). The first-order valence-corrected chi connectivity index (χ1v) is 7.73. The normalized spacial score (nSPS) is 10.8. The van der Waals surface area contributed by atoms with Gasteiger partial charge in [-0.3, -0.25) is 14.2 Å². The summed E-state index contributed by atoms with van der Waals surface area (Å²) < 4.78 is 27.5. The van der Waals surface area contributed by atoms with Crippen molar-refractivity contribution in [1.29, 1.82) is 0 Å². The fraction of sp³-hybridized carbons (Fsp3) is 0.167. The summed E-state index contributed by atoms with van der Waals surface area (Å²) in [4.78, 5) is 29.3. The van der Waals surface area contributed by atoms with Crippen molar-refractivity contribution < 1.29 is 13.6 Å². The van der Waals surface area contributed by atoms with Gasteiger partial charge in [0.2, 0.25) is 5.91 Å². The van der Waals surface area contributed by atoms with Gasteiger partial charge in [0.15, 0.2) is 11.6 Å². The molecule has 0 saturated heterocycles. The highest BCUT2D eigenvalue weighted by atomic mass is 19.2.